The second kappa shape index (κ2) is 7.08. The van der Waals surface area contributed by atoms with Crippen molar-refractivity contribution in [1.29, 1.82) is 0 Å². The summed E-state index contributed by atoms with van der Waals surface area (Å²) in [5.74, 6) is 1.44. The zero-order valence-corrected chi connectivity index (χ0v) is 15.9. The Morgan fingerprint density at radius 2 is 1.96 bits per heavy atom. The van der Waals surface area contributed by atoms with Crippen LogP contribution in [0.4, 0.5) is 5.82 Å². The topological polar surface area (TPSA) is 75.9 Å². The minimum Gasteiger partial charge on any atom is -0.330 e. The molecule has 0 spiro atoms. The number of nitrogens with one attached hydrogen (secondary N) is 1. The van der Waals surface area contributed by atoms with Gasteiger partial charge in [0.2, 0.25) is 5.91 Å². The van der Waals surface area contributed by atoms with E-state index in [1.54, 1.807) is 6.20 Å². The Kier molecular flexibility index (Phi) is 4.61. The Morgan fingerprint density at radius 3 is 2.67 bits per heavy atom. The lowest BCUT2D eigenvalue weighted by Crippen LogP contribution is -2.40. The number of rotatable bonds is 4. The van der Waals surface area contributed by atoms with E-state index in [-0.39, 0.29) is 11.9 Å². The van der Waals surface area contributed by atoms with E-state index in [0.717, 1.165) is 54.0 Å². The molecule has 3 aromatic heterocycles. The number of likely N-dealkylation sites (tertiary alicyclic amines) is 1. The maximum atomic E-state index is 12.5. The summed E-state index contributed by atoms with van der Waals surface area (Å²) in [7, 11) is 1.97. The molecule has 0 bridgehead atoms. The number of fused-ring (bicyclic) bond motifs is 1. The molecule has 0 saturated carbocycles. The van der Waals surface area contributed by atoms with E-state index in [4.69, 9.17) is 4.98 Å². The molecule has 1 amide bonds. The van der Waals surface area contributed by atoms with Crippen LogP contribution >= 0.6 is 0 Å². The van der Waals surface area contributed by atoms with Gasteiger partial charge in [0.05, 0.1) is 29.1 Å². The van der Waals surface area contributed by atoms with Gasteiger partial charge in [-0.3, -0.25) is 9.69 Å². The Morgan fingerprint density at radius 1 is 1.19 bits per heavy atom. The van der Waals surface area contributed by atoms with Gasteiger partial charge >= 0.3 is 0 Å². The first kappa shape index (κ1) is 17.6. The fourth-order valence-corrected chi connectivity index (χ4v) is 3.49. The van der Waals surface area contributed by atoms with Gasteiger partial charge in [0, 0.05) is 24.7 Å². The molecule has 4 heterocycles. The van der Waals surface area contributed by atoms with E-state index in [0.29, 0.717) is 5.82 Å². The first-order chi connectivity index (χ1) is 13.0. The lowest BCUT2D eigenvalue weighted by atomic mass is 10.2. The van der Waals surface area contributed by atoms with Crippen molar-refractivity contribution in [1.82, 2.24) is 24.4 Å². The van der Waals surface area contributed by atoms with Crippen LogP contribution in [-0.2, 0) is 11.8 Å². The highest BCUT2D eigenvalue weighted by Gasteiger charge is 2.24. The highest BCUT2D eigenvalue weighted by Crippen LogP contribution is 2.22. The van der Waals surface area contributed by atoms with Crippen molar-refractivity contribution < 1.29 is 4.79 Å². The summed E-state index contributed by atoms with van der Waals surface area (Å²) in [6.07, 6.45) is 5.89. The van der Waals surface area contributed by atoms with Crippen LogP contribution in [0.5, 0.6) is 0 Å². The molecule has 7 heteroatoms. The van der Waals surface area contributed by atoms with Crippen molar-refractivity contribution in [3.05, 3.63) is 36.4 Å². The van der Waals surface area contributed by atoms with E-state index in [2.05, 4.69) is 20.2 Å². The molecule has 1 saturated heterocycles. The number of aryl methyl sites for hydroxylation is 1. The number of imidazole rings is 1. The van der Waals surface area contributed by atoms with E-state index in [9.17, 15) is 4.79 Å². The molecule has 1 atom stereocenters. The molecular formula is C20H24N6O. The Bertz CT molecular complexity index is 989. The number of hydrogen-bond donors (Lipinski definition) is 1. The second-order valence-electron chi connectivity index (χ2n) is 7.12. The maximum absolute atomic E-state index is 12.5. The molecule has 1 fully saturated rings. The molecule has 27 heavy (non-hydrogen) atoms. The van der Waals surface area contributed by atoms with E-state index < -0.39 is 0 Å². The smallest absolute Gasteiger partial charge is 0.242 e. The van der Waals surface area contributed by atoms with Crippen LogP contribution in [0.2, 0.25) is 0 Å². The largest absolute Gasteiger partial charge is 0.330 e. The van der Waals surface area contributed by atoms with Crippen molar-refractivity contribution >= 4 is 22.6 Å². The number of hydrogen-bond acceptors (Lipinski definition) is 5. The fraction of sp³-hybridized carbons (Fsp3) is 0.400. The van der Waals surface area contributed by atoms with Gasteiger partial charge in [-0.2, -0.15) is 0 Å². The van der Waals surface area contributed by atoms with Crippen molar-refractivity contribution in [3.63, 3.8) is 0 Å². The van der Waals surface area contributed by atoms with Gasteiger partial charge < -0.3 is 9.88 Å². The van der Waals surface area contributed by atoms with E-state index >= 15 is 0 Å². The van der Waals surface area contributed by atoms with Gasteiger partial charge in [-0.25, -0.2) is 15.0 Å². The summed E-state index contributed by atoms with van der Waals surface area (Å²) < 4.78 is 2.01. The van der Waals surface area contributed by atoms with Gasteiger partial charge in [0.15, 0.2) is 0 Å². The van der Waals surface area contributed by atoms with Crippen LogP contribution in [0.25, 0.3) is 22.3 Å². The summed E-state index contributed by atoms with van der Waals surface area (Å²) in [4.78, 5) is 28.2. The average molecular weight is 364 g/mol. The third-order valence-electron chi connectivity index (χ3n) is 5.38. The molecule has 1 unspecified atom stereocenters. The minimum absolute atomic E-state index is 0.0258. The average Bonchev–Trinajstić information content (AvgIpc) is 3.31. The number of pyridine rings is 2. The van der Waals surface area contributed by atoms with Crippen molar-refractivity contribution in [2.45, 2.75) is 32.7 Å². The first-order valence-electron chi connectivity index (χ1n) is 9.33. The lowest BCUT2D eigenvalue weighted by Gasteiger charge is -2.22. The van der Waals surface area contributed by atoms with Gasteiger partial charge in [-0.1, -0.05) is 0 Å². The third kappa shape index (κ3) is 3.42. The number of amides is 1. The molecule has 0 aliphatic carbocycles. The third-order valence-corrected chi connectivity index (χ3v) is 5.38. The number of anilines is 1. The summed E-state index contributed by atoms with van der Waals surface area (Å²) in [5, 5.41) is 3.87. The summed E-state index contributed by atoms with van der Waals surface area (Å²) in [6, 6.07) is 5.64. The SMILES string of the molecule is Cc1ncc(-c2ccc3cnc(NC(=O)C(C)N4CCCC4)cc3n2)n1C. The first-order valence-corrected chi connectivity index (χ1v) is 9.33. The fourth-order valence-electron chi connectivity index (χ4n) is 3.49. The molecule has 7 nitrogen and oxygen atoms in total. The molecule has 1 aliphatic rings. The van der Waals surface area contributed by atoms with Crippen LogP contribution in [0, 0.1) is 6.92 Å². The monoisotopic (exact) mass is 364 g/mol. The molecule has 1 N–H and O–H groups in total. The zero-order chi connectivity index (χ0) is 19.0. The van der Waals surface area contributed by atoms with Crippen LogP contribution in [0.15, 0.2) is 30.6 Å². The van der Waals surface area contributed by atoms with E-state index in [1.165, 1.54) is 0 Å². The predicted molar refractivity (Wildman–Crippen MR) is 105 cm³/mol. The molecule has 4 rings (SSSR count). The highest BCUT2D eigenvalue weighted by atomic mass is 16.2. The molecule has 1 aliphatic heterocycles. The Balaban J connectivity index is 1.59. The normalized spacial score (nSPS) is 16.0. The van der Waals surface area contributed by atoms with Crippen LogP contribution in [-0.4, -0.2) is 49.5 Å². The standard InChI is InChI=1S/C20H24N6O/c1-13(26-8-4-5-9-26)20(27)24-19-10-17-15(11-22-19)6-7-16(23-17)18-12-21-14(2)25(18)3/h6-7,10-13H,4-5,8-9H2,1-3H3,(H,22,24,27). The summed E-state index contributed by atoms with van der Waals surface area (Å²) in [5.41, 5.74) is 2.60. The quantitative estimate of drug-likeness (QED) is 0.770. The van der Waals surface area contributed by atoms with Gasteiger partial charge in [0.25, 0.3) is 0 Å². The van der Waals surface area contributed by atoms with Crippen molar-refractivity contribution in [3.8, 4) is 11.4 Å². The van der Waals surface area contributed by atoms with Gasteiger partial charge in [-0.15, -0.1) is 0 Å². The van der Waals surface area contributed by atoms with Crippen LogP contribution in [0.3, 0.4) is 0 Å². The zero-order valence-electron chi connectivity index (χ0n) is 15.9. The second-order valence-corrected chi connectivity index (χ2v) is 7.12. The molecule has 140 valence electrons. The Labute approximate surface area is 158 Å². The molecule has 3 aromatic rings. The number of carbonyl (C=O) groups excluding carboxylic acids is 1. The maximum Gasteiger partial charge on any atom is 0.242 e. The van der Waals surface area contributed by atoms with Crippen molar-refractivity contribution in [2.24, 2.45) is 7.05 Å². The Hall–Kier alpha value is -2.80. The number of aromatic nitrogens is 4. The molecular weight excluding hydrogens is 340 g/mol. The molecule has 0 aromatic carbocycles. The van der Waals surface area contributed by atoms with Crippen LogP contribution < -0.4 is 5.32 Å². The van der Waals surface area contributed by atoms with Crippen molar-refractivity contribution in [2.75, 3.05) is 18.4 Å². The van der Waals surface area contributed by atoms with Gasteiger partial charge in [0.1, 0.15) is 11.6 Å². The van der Waals surface area contributed by atoms with E-state index in [1.807, 2.05) is 49.9 Å². The van der Waals surface area contributed by atoms with Crippen LogP contribution in [0.1, 0.15) is 25.6 Å². The van der Waals surface area contributed by atoms with Gasteiger partial charge in [-0.05, 0) is 51.9 Å². The summed E-state index contributed by atoms with van der Waals surface area (Å²) >= 11 is 0. The molecule has 0 radical (unpaired) electrons. The lowest BCUT2D eigenvalue weighted by molar-refractivity contribution is -0.120. The minimum atomic E-state index is -0.151. The predicted octanol–water partition coefficient (Wildman–Crippen LogP) is 2.76. The number of nitrogens with zero attached hydrogens (tertiary/aromatic N) is 5. The number of carbonyl (C=O) groups is 1. The summed E-state index contributed by atoms with van der Waals surface area (Å²) in [6.45, 7) is 5.87. The highest BCUT2D eigenvalue weighted by molar-refractivity contribution is 5.95.